The van der Waals surface area contributed by atoms with Crippen molar-refractivity contribution in [3.8, 4) is 0 Å². The molecule has 20 heavy (non-hydrogen) atoms. The number of halogens is 4. The first-order valence-electron chi connectivity index (χ1n) is 5.85. The molecule has 106 valence electrons. The van der Waals surface area contributed by atoms with Gasteiger partial charge in [0.1, 0.15) is 0 Å². The largest absolute Gasteiger partial charge is 0.418 e. The molecule has 1 aromatic heterocycles. The highest BCUT2D eigenvalue weighted by atomic mass is 19.4. The van der Waals surface area contributed by atoms with Crippen LogP contribution in [0.4, 0.5) is 23.2 Å². The van der Waals surface area contributed by atoms with Gasteiger partial charge in [-0.2, -0.15) is 17.6 Å². The van der Waals surface area contributed by atoms with Crippen molar-refractivity contribution in [2.24, 2.45) is 0 Å². The standard InChI is InChI=1S/C12H8F4N2O2/c13-10-8(18(19)20)3-6(5-1-2-5)11-9(10)7(4-17-11)12(14,15)16/h3-5,17H,1-2H2. The Balaban J connectivity index is 2.39. The first-order chi connectivity index (χ1) is 9.30. The number of fused-ring (bicyclic) bond motifs is 1. The van der Waals surface area contributed by atoms with E-state index in [-0.39, 0.29) is 11.4 Å². The number of hydrogen-bond donors (Lipinski definition) is 1. The number of nitrogens with zero attached hydrogens (tertiary/aromatic N) is 1. The van der Waals surface area contributed by atoms with Gasteiger partial charge in [0.05, 0.1) is 21.4 Å². The number of alkyl halides is 3. The van der Waals surface area contributed by atoms with Crippen molar-refractivity contribution in [1.82, 2.24) is 4.98 Å². The molecule has 1 aromatic carbocycles. The molecule has 1 fully saturated rings. The molecule has 4 nitrogen and oxygen atoms in total. The maximum atomic E-state index is 14.0. The maximum absolute atomic E-state index is 14.0. The molecule has 0 bridgehead atoms. The predicted octanol–water partition coefficient (Wildman–Crippen LogP) is 4.11. The SMILES string of the molecule is O=[N+]([O-])c1cc(C2CC2)c2[nH]cc(C(F)(F)F)c2c1F. The number of rotatable bonds is 2. The van der Waals surface area contributed by atoms with Gasteiger partial charge in [0, 0.05) is 12.3 Å². The maximum Gasteiger partial charge on any atom is 0.418 e. The van der Waals surface area contributed by atoms with Gasteiger partial charge >= 0.3 is 11.9 Å². The Morgan fingerprint density at radius 1 is 1.35 bits per heavy atom. The zero-order chi connectivity index (χ0) is 14.7. The third-order valence-corrected chi connectivity index (χ3v) is 3.42. The van der Waals surface area contributed by atoms with Gasteiger partial charge in [0.15, 0.2) is 0 Å². The Labute approximate surface area is 109 Å². The highest BCUT2D eigenvalue weighted by Crippen LogP contribution is 2.47. The van der Waals surface area contributed by atoms with E-state index < -0.39 is 33.6 Å². The van der Waals surface area contributed by atoms with Gasteiger partial charge in [0.2, 0.25) is 5.82 Å². The predicted molar refractivity (Wildman–Crippen MR) is 61.9 cm³/mol. The third kappa shape index (κ3) is 1.83. The molecule has 1 N–H and O–H groups in total. The molecular weight excluding hydrogens is 280 g/mol. The van der Waals surface area contributed by atoms with Crippen LogP contribution in [0.15, 0.2) is 12.3 Å². The van der Waals surface area contributed by atoms with Crippen molar-refractivity contribution < 1.29 is 22.5 Å². The number of aromatic amines is 1. The molecule has 1 aliphatic carbocycles. The van der Waals surface area contributed by atoms with Gasteiger partial charge in [-0.3, -0.25) is 10.1 Å². The molecule has 1 heterocycles. The van der Waals surface area contributed by atoms with Crippen LogP contribution in [0.2, 0.25) is 0 Å². The van der Waals surface area contributed by atoms with Crippen molar-refractivity contribution in [2.45, 2.75) is 24.9 Å². The van der Waals surface area contributed by atoms with Crippen molar-refractivity contribution in [2.75, 3.05) is 0 Å². The summed E-state index contributed by atoms with van der Waals surface area (Å²) in [6, 6.07) is 1.03. The van der Waals surface area contributed by atoms with Crippen LogP contribution in [0.25, 0.3) is 10.9 Å². The van der Waals surface area contributed by atoms with E-state index in [1.807, 2.05) is 0 Å². The van der Waals surface area contributed by atoms with E-state index in [4.69, 9.17) is 0 Å². The summed E-state index contributed by atoms with van der Waals surface area (Å²) in [7, 11) is 0. The summed E-state index contributed by atoms with van der Waals surface area (Å²) in [4.78, 5) is 12.2. The first kappa shape index (κ1) is 12.9. The Morgan fingerprint density at radius 2 is 2.00 bits per heavy atom. The smallest absolute Gasteiger partial charge is 0.360 e. The summed E-state index contributed by atoms with van der Waals surface area (Å²) in [6.45, 7) is 0. The second kappa shape index (κ2) is 3.94. The summed E-state index contributed by atoms with van der Waals surface area (Å²) < 4.78 is 52.6. The lowest BCUT2D eigenvalue weighted by Gasteiger charge is -2.07. The number of nitro benzene ring substituents is 1. The van der Waals surface area contributed by atoms with Gasteiger partial charge in [-0.1, -0.05) is 0 Å². The van der Waals surface area contributed by atoms with Gasteiger partial charge in [0.25, 0.3) is 0 Å². The average Bonchev–Trinajstić information content (AvgIpc) is 3.05. The summed E-state index contributed by atoms with van der Waals surface area (Å²) >= 11 is 0. The molecule has 0 atom stereocenters. The first-order valence-corrected chi connectivity index (χ1v) is 5.85. The van der Waals surface area contributed by atoms with Crippen LogP contribution in [0, 0.1) is 15.9 Å². The lowest BCUT2D eigenvalue weighted by atomic mass is 10.0. The lowest BCUT2D eigenvalue weighted by molar-refractivity contribution is -0.387. The monoisotopic (exact) mass is 288 g/mol. The molecule has 1 aliphatic rings. The van der Waals surface area contributed by atoms with E-state index in [0.29, 0.717) is 11.8 Å². The molecule has 3 rings (SSSR count). The van der Waals surface area contributed by atoms with Gasteiger partial charge in [-0.25, -0.2) is 0 Å². The van der Waals surface area contributed by atoms with E-state index >= 15 is 0 Å². The van der Waals surface area contributed by atoms with Crippen molar-refractivity contribution in [3.05, 3.63) is 39.3 Å². The van der Waals surface area contributed by atoms with Crippen LogP contribution in [0.1, 0.15) is 29.9 Å². The average molecular weight is 288 g/mol. The minimum Gasteiger partial charge on any atom is -0.360 e. The molecule has 0 amide bonds. The topological polar surface area (TPSA) is 58.9 Å². The fourth-order valence-corrected chi connectivity index (χ4v) is 2.36. The number of nitrogens with one attached hydrogen (secondary N) is 1. The second-order valence-electron chi connectivity index (χ2n) is 4.78. The van der Waals surface area contributed by atoms with Gasteiger partial charge in [-0.15, -0.1) is 0 Å². The number of hydrogen-bond acceptors (Lipinski definition) is 2. The normalized spacial score (nSPS) is 15.8. The molecule has 8 heteroatoms. The van der Waals surface area contributed by atoms with Crippen LogP contribution >= 0.6 is 0 Å². The zero-order valence-corrected chi connectivity index (χ0v) is 9.92. The van der Waals surface area contributed by atoms with Crippen LogP contribution in [0.5, 0.6) is 0 Å². The minimum atomic E-state index is -4.77. The highest BCUT2D eigenvalue weighted by molar-refractivity contribution is 5.90. The van der Waals surface area contributed by atoms with Gasteiger partial charge < -0.3 is 4.98 Å². The van der Waals surface area contributed by atoms with Crippen molar-refractivity contribution in [3.63, 3.8) is 0 Å². The second-order valence-corrected chi connectivity index (χ2v) is 4.78. The molecule has 0 spiro atoms. The fourth-order valence-electron chi connectivity index (χ4n) is 2.36. The van der Waals surface area contributed by atoms with Crippen LogP contribution < -0.4 is 0 Å². The summed E-state index contributed by atoms with van der Waals surface area (Å²) in [5, 5.41) is 10.1. The van der Waals surface area contributed by atoms with Crippen molar-refractivity contribution in [1.29, 1.82) is 0 Å². The van der Waals surface area contributed by atoms with Crippen LogP contribution in [0.3, 0.4) is 0 Å². The van der Waals surface area contributed by atoms with Crippen LogP contribution in [-0.2, 0) is 6.18 Å². The lowest BCUT2D eigenvalue weighted by Crippen LogP contribution is -2.05. The van der Waals surface area contributed by atoms with Crippen molar-refractivity contribution >= 4 is 16.6 Å². The van der Waals surface area contributed by atoms with E-state index in [9.17, 15) is 27.7 Å². The zero-order valence-electron chi connectivity index (χ0n) is 9.92. The Bertz CT molecular complexity index is 716. The molecule has 2 aromatic rings. The minimum absolute atomic E-state index is 0.00271. The number of aromatic nitrogens is 1. The number of benzene rings is 1. The van der Waals surface area contributed by atoms with Gasteiger partial charge in [-0.05, 0) is 24.3 Å². The van der Waals surface area contributed by atoms with Crippen LogP contribution in [-0.4, -0.2) is 9.91 Å². The highest BCUT2D eigenvalue weighted by Gasteiger charge is 2.39. The molecule has 1 saturated carbocycles. The van der Waals surface area contributed by atoms with E-state index in [0.717, 1.165) is 18.9 Å². The third-order valence-electron chi connectivity index (χ3n) is 3.42. The molecular formula is C12H8F4N2O2. The quantitative estimate of drug-likeness (QED) is 0.513. The Hall–Kier alpha value is -2.12. The summed E-state index contributed by atoms with van der Waals surface area (Å²) in [6.07, 6.45) is -2.64. The summed E-state index contributed by atoms with van der Waals surface area (Å²) in [5.74, 6) is -1.49. The Morgan fingerprint density at radius 3 is 2.50 bits per heavy atom. The number of nitro groups is 1. The molecule has 0 aliphatic heterocycles. The fraction of sp³-hybridized carbons (Fsp3) is 0.333. The van der Waals surface area contributed by atoms with E-state index in [2.05, 4.69) is 4.98 Å². The molecule has 0 saturated heterocycles. The van der Waals surface area contributed by atoms with E-state index in [1.165, 1.54) is 0 Å². The molecule has 0 unspecified atom stereocenters. The molecule has 0 radical (unpaired) electrons. The number of H-pyrrole nitrogens is 1. The van der Waals surface area contributed by atoms with E-state index in [1.54, 1.807) is 0 Å². The Kier molecular flexibility index (Phi) is 2.54. The summed E-state index contributed by atoms with van der Waals surface area (Å²) in [5.41, 5.74) is -1.74.